The van der Waals surface area contributed by atoms with Crippen LogP contribution in [0.5, 0.6) is 5.88 Å². The van der Waals surface area contributed by atoms with Crippen molar-refractivity contribution < 1.29 is 4.74 Å². The zero-order valence-electron chi connectivity index (χ0n) is 10.5. The predicted octanol–water partition coefficient (Wildman–Crippen LogP) is 2.64. The van der Waals surface area contributed by atoms with Gasteiger partial charge in [-0.3, -0.25) is 0 Å². The molecule has 2 heterocycles. The van der Waals surface area contributed by atoms with E-state index in [1.165, 1.54) is 0 Å². The molecule has 0 amide bonds. The van der Waals surface area contributed by atoms with Gasteiger partial charge in [-0.1, -0.05) is 6.92 Å². The SMILES string of the molecule is CCCOc1ccnc(NCc2nc(C)cs2)n1. The summed E-state index contributed by atoms with van der Waals surface area (Å²) in [6.45, 7) is 5.35. The second kappa shape index (κ2) is 6.30. The van der Waals surface area contributed by atoms with Gasteiger partial charge in [0.25, 0.3) is 0 Å². The van der Waals surface area contributed by atoms with E-state index in [9.17, 15) is 0 Å². The molecule has 96 valence electrons. The van der Waals surface area contributed by atoms with E-state index in [-0.39, 0.29) is 0 Å². The Morgan fingerprint density at radius 3 is 3.00 bits per heavy atom. The maximum absolute atomic E-state index is 5.45. The smallest absolute Gasteiger partial charge is 0.226 e. The summed E-state index contributed by atoms with van der Waals surface area (Å²) in [5, 5.41) is 6.19. The van der Waals surface area contributed by atoms with Gasteiger partial charge in [0.15, 0.2) is 0 Å². The normalized spacial score (nSPS) is 10.3. The van der Waals surface area contributed by atoms with Crippen LogP contribution in [-0.2, 0) is 6.54 Å². The summed E-state index contributed by atoms with van der Waals surface area (Å²) < 4.78 is 5.45. The van der Waals surface area contributed by atoms with E-state index in [2.05, 4.69) is 27.2 Å². The summed E-state index contributed by atoms with van der Waals surface area (Å²) in [5.41, 5.74) is 1.04. The molecule has 0 aliphatic rings. The Hall–Kier alpha value is -1.69. The fourth-order valence-electron chi connectivity index (χ4n) is 1.35. The van der Waals surface area contributed by atoms with Crippen LogP contribution < -0.4 is 10.1 Å². The van der Waals surface area contributed by atoms with Crippen molar-refractivity contribution in [3.05, 3.63) is 28.3 Å². The molecule has 0 aliphatic carbocycles. The lowest BCUT2D eigenvalue weighted by Crippen LogP contribution is -2.05. The third kappa shape index (κ3) is 3.66. The van der Waals surface area contributed by atoms with Gasteiger partial charge in [-0.25, -0.2) is 9.97 Å². The van der Waals surface area contributed by atoms with Crippen LogP contribution in [0.25, 0.3) is 0 Å². The fourth-order valence-corrected chi connectivity index (χ4v) is 2.06. The van der Waals surface area contributed by atoms with Crippen LogP contribution in [0, 0.1) is 6.92 Å². The predicted molar refractivity (Wildman–Crippen MR) is 72.0 cm³/mol. The molecule has 2 rings (SSSR count). The van der Waals surface area contributed by atoms with E-state index < -0.39 is 0 Å². The molecular weight excluding hydrogens is 248 g/mol. The Balaban J connectivity index is 1.92. The van der Waals surface area contributed by atoms with E-state index >= 15 is 0 Å². The van der Waals surface area contributed by atoms with Gasteiger partial charge in [0.2, 0.25) is 11.8 Å². The van der Waals surface area contributed by atoms with Gasteiger partial charge in [0, 0.05) is 23.3 Å². The molecule has 0 bridgehead atoms. The van der Waals surface area contributed by atoms with Crippen LogP contribution in [0.15, 0.2) is 17.6 Å². The summed E-state index contributed by atoms with van der Waals surface area (Å²) in [6, 6.07) is 1.76. The fraction of sp³-hybridized carbons (Fsp3) is 0.417. The van der Waals surface area contributed by atoms with Gasteiger partial charge >= 0.3 is 0 Å². The third-order valence-corrected chi connectivity index (χ3v) is 3.12. The number of hydrogen-bond donors (Lipinski definition) is 1. The zero-order valence-corrected chi connectivity index (χ0v) is 11.3. The Morgan fingerprint density at radius 2 is 2.28 bits per heavy atom. The van der Waals surface area contributed by atoms with E-state index in [4.69, 9.17) is 4.74 Å². The van der Waals surface area contributed by atoms with Crippen LogP contribution in [0.4, 0.5) is 5.95 Å². The lowest BCUT2D eigenvalue weighted by atomic mass is 10.5. The van der Waals surface area contributed by atoms with Gasteiger partial charge in [0.05, 0.1) is 13.2 Å². The first-order valence-electron chi connectivity index (χ1n) is 5.88. The minimum absolute atomic E-state index is 0.566. The van der Waals surface area contributed by atoms with Crippen molar-refractivity contribution >= 4 is 17.3 Å². The number of thiazole rings is 1. The molecule has 0 saturated heterocycles. The Labute approximate surface area is 110 Å². The average molecular weight is 264 g/mol. The minimum Gasteiger partial charge on any atom is -0.478 e. The summed E-state index contributed by atoms with van der Waals surface area (Å²) in [5.74, 6) is 1.17. The zero-order chi connectivity index (χ0) is 12.8. The maximum Gasteiger partial charge on any atom is 0.226 e. The summed E-state index contributed by atoms with van der Waals surface area (Å²) in [7, 11) is 0. The van der Waals surface area contributed by atoms with Gasteiger partial charge in [0.1, 0.15) is 5.01 Å². The van der Waals surface area contributed by atoms with Gasteiger partial charge < -0.3 is 10.1 Å². The molecular formula is C12H16N4OS. The Kier molecular flexibility index (Phi) is 4.46. The number of hydrogen-bond acceptors (Lipinski definition) is 6. The van der Waals surface area contributed by atoms with Crippen LogP contribution in [0.2, 0.25) is 0 Å². The van der Waals surface area contributed by atoms with Gasteiger partial charge in [-0.15, -0.1) is 11.3 Å². The highest BCUT2D eigenvalue weighted by molar-refractivity contribution is 7.09. The number of ether oxygens (including phenoxy) is 1. The molecule has 2 aromatic heterocycles. The summed E-state index contributed by atoms with van der Waals surface area (Å²) in [4.78, 5) is 12.8. The molecule has 0 atom stereocenters. The van der Waals surface area contributed by atoms with E-state index in [1.807, 2.05) is 12.3 Å². The van der Waals surface area contributed by atoms with Crippen molar-refractivity contribution in [1.82, 2.24) is 15.0 Å². The molecule has 0 saturated carbocycles. The molecule has 0 unspecified atom stereocenters. The monoisotopic (exact) mass is 264 g/mol. The highest BCUT2D eigenvalue weighted by Gasteiger charge is 2.02. The highest BCUT2D eigenvalue weighted by atomic mass is 32.1. The number of anilines is 1. The Bertz CT molecular complexity index is 500. The first-order valence-corrected chi connectivity index (χ1v) is 6.76. The Morgan fingerprint density at radius 1 is 1.39 bits per heavy atom. The number of nitrogens with one attached hydrogen (secondary N) is 1. The van der Waals surface area contributed by atoms with Crippen LogP contribution in [-0.4, -0.2) is 21.6 Å². The van der Waals surface area contributed by atoms with Crippen LogP contribution in [0.1, 0.15) is 24.0 Å². The number of aromatic nitrogens is 3. The average Bonchev–Trinajstić information content (AvgIpc) is 2.80. The first kappa shape index (κ1) is 12.8. The lowest BCUT2D eigenvalue weighted by molar-refractivity contribution is 0.305. The van der Waals surface area contributed by atoms with Crippen molar-refractivity contribution in [3.8, 4) is 5.88 Å². The van der Waals surface area contributed by atoms with Crippen molar-refractivity contribution in [3.63, 3.8) is 0 Å². The molecule has 0 aromatic carbocycles. The summed E-state index contributed by atoms with van der Waals surface area (Å²) in [6.07, 6.45) is 2.65. The highest BCUT2D eigenvalue weighted by Crippen LogP contribution is 2.12. The van der Waals surface area contributed by atoms with Gasteiger partial charge in [-0.2, -0.15) is 4.98 Å². The number of aryl methyl sites for hydroxylation is 1. The van der Waals surface area contributed by atoms with E-state index in [1.54, 1.807) is 23.6 Å². The molecule has 18 heavy (non-hydrogen) atoms. The first-order chi connectivity index (χ1) is 8.78. The van der Waals surface area contributed by atoms with Gasteiger partial charge in [-0.05, 0) is 13.3 Å². The molecule has 6 heteroatoms. The maximum atomic E-state index is 5.45. The number of rotatable bonds is 6. The third-order valence-electron chi connectivity index (χ3n) is 2.15. The lowest BCUT2D eigenvalue weighted by Gasteiger charge is -2.05. The van der Waals surface area contributed by atoms with Crippen molar-refractivity contribution in [2.75, 3.05) is 11.9 Å². The molecule has 0 spiro atoms. The second-order valence-corrected chi connectivity index (χ2v) is 4.75. The number of nitrogens with zero attached hydrogens (tertiary/aromatic N) is 3. The minimum atomic E-state index is 0.566. The second-order valence-electron chi connectivity index (χ2n) is 3.80. The standard InChI is InChI=1S/C12H16N4OS/c1-3-6-17-10-4-5-13-12(16-10)14-7-11-15-9(2)8-18-11/h4-5,8H,3,6-7H2,1-2H3,(H,13,14,16). The molecule has 0 radical (unpaired) electrons. The van der Waals surface area contributed by atoms with E-state index in [0.29, 0.717) is 25.0 Å². The van der Waals surface area contributed by atoms with Crippen LogP contribution in [0.3, 0.4) is 0 Å². The topological polar surface area (TPSA) is 59.9 Å². The van der Waals surface area contributed by atoms with Crippen molar-refractivity contribution in [2.45, 2.75) is 26.8 Å². The molecule has 5 nitrogen and oxygen atoms in total. The summed E-state index contributed by atoms with van der Waals surface area (Å²) >= 11 is 1.63. The largest absolute Gasteiger partial charge is 0.478 e. The van der Waals surface area contributed by atoms with Crippen LogP contribution >= 0.6 is 11.3 Å². The molecule has 0 aliphatic heterocycles. The van der Waals surface area contributed by atoms with Crippen molar-refractivity contribution in [2.24, 2.45) is 0 Å². The van der Waals surface area contributed by atoms with E-state index in [0.717, 1.165) is 17.1 Å². The molecule has 2 aromatic rings. The quantitative estimate of drug-likeness (QED) is 0.869. The van der Waals surface area contributed by atoms with Crippen molar-refractivity contribution in [1.29, 1.82) is 0 Å². The molecule has 0 fully saturated rings. The molecule has 1 N–H and O–H groups in total.